The first-order chi connectivity index (χ1) is 11.3. The van der Waals surface area contributed by atoms with Gasteiger partial charge in [0.15, 0.2) is 0 Å². The molecule has 1 atom stereocenters. The maximum absolute atomic E-state index is 6.33. The molecule has 122 valence electrons. The van der Waals surface area contributed by atoms with Gasteiger partial charge in [-0.25, -0.2) is 9.98 Å². The summed E-state index contributed by atoms with van der Waals surface area (Å²) in [5, 5.41) is 3.32. The van der Waals surface area contributed by atoms with E-state index >= 15 is 0 Å². The Morgan fingerprint density at radius 3 is 2.78 bits per heavy atom. The first-order valence-electron chi connectivity index (χ1n) is 9.01. The van der Waals surface area contributed by atoms with Crippen LogP contribution in [0, 0.1) is 5.92 Å². The molecule has 5 aliphatic rings. The van der Waals surface area contributed by atoms with Gasteiger partial charge < -0.3 is 4.74 Å². The van der Waals surface area contributed by atoms with Gasteiger partial charge in [-0.2, -0.15) is 0 Å². The van der Waals surface area contributed by atoms with Crippen LogP contribution in [0.15, 0.2) is 17.3 Å². The van der Waals surface area contributed by atoms with Gasteiger partial charge in [-0.1, -0.05) is 0 Å². The molecular formula is C18H24N4O. The Balaban J connectivity index is 1.31. The number of pyridine rings is 1. The standard InChI is InChI=1S/C18H24N4O/c1-2-4-14-10-19-16(9-13(14)3-1)21-17-20-11-18(23-17)12-22-7-5-15(18)6-8-22/h9-10,15H,1-8,11-12H2,(H,19,20,21). The van der Waals surface area contributed by atoms with Crippen LogP contribution in [0.25, 0.3) is 0 Å². The molecule has 4 aliphatic heterocycles. The number of hydrogen-bond acceptors (Lipinski definition) is 5. The molecule has 5 nitrogen and oxygen atoms in total. The number of hydrogen-bond donors (Lipinski definition) is 1. The Bertz CT molecular complexity index is 650. The normalized spacial score (nSPS) is 34.9. The number of anilines is 1. The van der Waals surface area contributed by atoms with Crippen LogP contribution in [0.2, 0.25) is 0 Å². The third-order valence-corrected chi connectivity index (χ3v) is 6.07. The van der Waals surface area contributed by atoms with E-state index in [1.807, 2.05) is 6.20 Å². The molecule has 5 heterocycles. The van der Waals surface area contributed by atoms with Crippen LogP contribution in [-0.2, 0) is 17.6 Å². The van der Waals surface area contributed by atoms with Crippen LogP contribution < -0.4 is 5.32 Å². The number of amidine groups is 1. The van der Waals surface area contributed by atoms with Crippen molar-refractivity contribution in [3.63, 3.8) is 0 Å². The zero-order chi connectivity index (χ0) is 15.3. The number of nitrogens with one attached hydrogen (secondary N) is 1. The Labute approximate surface area is 137 Å². The number of aromatic nitrogens is 1. The van der Waals surface area contributed by atoms with E-state index in [1.165, 1.54) is 62.7 Å². The molecule has 1 aliphatic carbocycles. The summed E-state index contributed by atoms with van der Waals surface area (Å²) in [6.45, 7) is 4.28. The minimum Gasteiger partial charge on any atom is -0.455 e. The van der Waals surface area contributed by atoms with Crippen molar-refractivity contribution < 1.29 is 4.74 Å². The number of nitrogens with zero attached hydrogens (tertiary/aromatic N) is 3. The lowest BCUT2D eigenvalue weighted by Crippen LogP contribution is -2.61. The summed E-state index contributed by atoms with van der Waals surface area (Å²) in [6.07, 6.45) is 9.43. The molecular weight excluding hydrogens is 288 g/mol. The summed E-state index contributed by atoms with van der Waals surface area (Å²) in [6, 6.07) is 2.85. The minimum atomic E-state index is -0.0763. The highest BCUT2D eigenvalue weighted by molar-refractivity contribution is 5.89. The van der Waals surface area contributed by atoms with Crippen molar-refractivity contribution in [2.45, 2.75) is 44.1 Å². The summed E-state index contributed by atoms with van der Waals surface area (Å²) in [5.41, 5.74) is 2.77. The topological polar surface area (TPSA) is 49.8 Å². The molecule has 23 heavy (non-hydrogen) atoms. The van der Waals surface area contributed by atoms with Crippen molar-refractivity contribution >= 4 is 11.8 Å². The summed E-state index contributed by atoms with van der Waals surface area (Å²) >= 11 is 0. The molecule has 1 spiro atoms. The van der Waals surface area contributed by atoms with Crippen LogP contribution in [0.3, 0.4) is 0 Å². The molecule has 0 saturated carbocycles. The van der Waals surface area contributed by atoms with E-state index in [-0.39, 0.29) is 5.60 Å². The molecule has 1 aromatic rings. The Morgan fingerprint density at radius 1 is 1.17 bits per heavy atom. The van der Waals surface area contributed by atoms with E-state index in [0.717, 1.165) is 18.9 Å². The molecule has 2 bridgehead atoms. The largest absolute Gasteiger partial charge is 0.455 e. The van der Waals surface area contributed by atoms with E-state index in [4.69, 9.17) is 4.74 Å². The summed E-state index contributed by atoms with van der Waals surface area (Å²) in [7, 11) is 0. The second kappa shape index (κ2) is 5.20. The minimum absolute atomic E-state index is 0.0763. The highest BCUT2D eigenvalue weighted by Crippen LogP contribution is 2.40. The van der Waals surface area contributed by atoms with Crippen LogP contribution in [0.1, 0.15) is 36.8 Å². The van der Waals surface area contributed by atoms with Crippen molar-refractivity contribution in [3.8, 4) is 0 Å². The molecule has 3 fully saturated rings. The van der Waals surface area contributed by atoms with Gasteiger partial charge in [-0.05, 0) is 68.8 Å². The number of rotatable bonds is 1. The van der Waals surface area contributed by atoms with Gasteiger partial charge >= 0.3 is 0 Å². The monoisotopic (exact) mass is 312 g/mol. The van der Waals surface area contributed by atoms with E-state index in [9.17, 15) is 0 Å². The van der Waals surface area contributed by atoms with E-state index < -0.39 is 0 Å². The summed E-state index contributed by atoms with van der Waals surface area (Å²) < 4.78 is 6.33. The van der Waals surface area contributed by atoms with Gasteiger partial charge in [0.2, 0.25) is 0 Å². The average molecular weight is 312 g/mol. The Morgan fingerprint density at radius 2 is 2.00 bits per heavy atom. The van der Waals surface area contributed by atoms with Gasteiger partial charge in [-0.3, -0.25) is 10.2 Å². The van der Waals surface area contributed by atoms with Crippen molar-refractivity contribution in [1.29, 1.82) is 0 Å². The lowest BCUT2D eigenvalue weighted by atomic mass is 9.75. The van der Waals surface area contributed by atoms with Crippen molar-refractivity contribution in [2.24, 2.45) is 10.9 Å². The van der Waals surface area contributed by atoms with Crippen molar-refractivity contribution in [3.05, 3.63) is 23.4 Å². The van der Waals surface area contributed by atoms with Crippen molar-refractivity contribution in [2.75, 3.05) is 31.5 Å². The van der Waals surface area contributed by atoms with Crippen LogP contribution in [0.4, 0.5) is 5.82 Å². The second-order valence-electron chi connectivity index (χ2n) is 7.51. The zero-order valence-corrected chi connectivity index (χ0v) is 13.6. The number of fused-ring (bicyclic) bond motifs is 3. The fraction of sp³-hybridized carbons (Fsp3) is 0.667. The van der Waals surface area contributed by atoms with Crippen LogP contribution >= 0.6 is 0 Å². The summed E-state index contributed by atoms with van der Waals surface area (Å²) in [4.78, 5) is 11.7. The zero-order valence-electron chi connectivity index (χ0n) is 13.6. The van der Waals surface area contributed by atoms with Gasteiger partial charge in [0.1, 0.15) is 11.4 Å². The van der Waals surface area contributed by atoms with E-state index in [0.29, 0.717) is 11.9 Å². The summed E-state index contributed by atoms with van der Waals surface area (Å²) in [5.74, 6) is 1.54. The molecule has 1 N–H and O–H groups in total. The third kappa shape index (κ3) is 2.33. The lowest BCUT2D eigenvalue weighted by molar-refractivity contribution is -0.0829. The first-order valence-corrected chi connectivity index (χ1v) is 9.01. The third-order valence-electron chi connectivity index (χ3n) is 6.07. The number of piperidine rings is 3. The Hall–Kier alpha value is -1.62. The SMILES string of the molecule is c1nc(NC2=NCC3(CN4CCC3CC4)O2)cc2c1CCCC2. The number of aryl methyl sites for hydroxylation is 2. The van der Waals surface area contributed by atoms with Crippen LogP contribution in [0.5, 0.6) is 0 Å². The molecule has 5 heteroatoms. The Kier molecular flexibility index (Phi) is 3.11. The number of aliphatic imine (C=N–C) groups is 1. The average Bonchev–Trinajstić information content (AvgIpc) is 2.98. The molecule has 6 rings (SSSR count). The highest BCUT2D eigenvalue weighted by Gasteiger charge is 2.51. The van der Waals surface area contributed by atoms with Crippen molar-refractivity contribution in [1.82, 2.24) is 9.88 Å². The maximum atomic E-state index is 6.33. The predicted molar refractivity (Wildman–Crippen MR) is 89.8 cm³/mol. The quantitative estimate of drug-likeness (QED) is 0.864. The molecule has 1 aromatic heterocycles. The molecule has 0 radical (unpaired) electrons. The maximum Gasteiger partial charge on any atom is 0.291 e. The fourth-order valence-corrected chi connectivity index (χ4v) is 4.74. The number of ether oxygens (including phenoxy) is 1. The van der Waals surface area contributed by atoms with Gasteiger partial charge in [0, 0.05) is 18.7 Å². The van der Waals surface area contributed by atoms with Crippen LogP contribution in [-0.4, -0.2) is 47.7 Å². The molecule has 0 amide bonds. The smallest absolute Gasteiger partial charge is 0.291 e. The lowest BCUT2D eigenvalue weighted by Gasteiger charge is -2.50. The first kappa shape index (κ1) is 13.8. The predicted octanol–water partition coefficient (Wildman–Crippen LogP) is 2.22. The molecule has 0 aromatic carbocycles. The van der Waals surface area contributed by atoms with E-state index in [1.54, 1.807) is 0 Å². The van der Waals surface area contributed by atoms with Gasteiger partial charge in [-0.15, -0.1) is 0 Å². The van der Waals surface area contributed by atoms with Gasteiger partial charge in [0.05, 0.1) is 6.54 Å². The molecule has 3 saturated heterocycles. The van der Waals surface area contributed by atoms with E-state index in [2.05, 4.69) is 26.3 Å². The highest BCUT2D eigenvalue weighted by atomic mass is 16.5. The molecule has 1 unspecified atom stereocenters. The van der Waals surface area contributed by atoms with Gasteiger partial charge in [0.25, 0.3) is 6.02 Å². The second-order valence-corrected chi connectivity index (χ2v) is 7.51. The fourth-order valence-electron chi connectivity index (χ4n) is 4.74.